The molecule has 19 heavy (non-hydrogen) atoms. The lowest BCUT2D eigenvalue weighted by Crippen LogP contribution is -2.42. The Labute approximate surface area is 119 Å². The standard InChI is InChI=1S/C13H24N4OS/c1-9(2)17(10(3)4)6-5-15-12(18)7-11-8-19-13(14)16-11/h8-10H,5-7H2,1-4H3,(H2,14,16)(H,15,18). The van der Waals surface area contributed by atoms with Gasteiger partial charge in [0.15, 0.2) is 5.13 Å². The number of hydrogen-bond donors (Lipinski definition) is 2. The van der Waals surface area contributed by atoms with Crippen molar-refractivity contribution in [3.8, 4) is 0 Å². The van der Waals surface area contributed by atoms with Crippen LogP contribution in [0, 0.1) is 0 Å². The topological polar surface area (TPSA) is 71.2 Å². The third-order valence-electron chi connectivity index (χ3n) is 2.93. The molecule has 0 bridgehead atoms. The number of aromatic nitrogens is 1. The van der Waals surface area contributed by atoms with Crippen molar-refractivity contribution in [3.63, 3.8) is 0 Å². The molecule has 5 nitrogen and oxygen atoms in total. The number of anilines is 1. The second kappa shape index (κ2) is 7.45. The van der Waals surface area contributed by atoms with E-state index < -0.39 is 0 Å². The summed E-state index contributed by atoms with van der Waals surface area (Å²) < 4.78 is 0. The molecule has 1 heterocycles. The van der Waals surface area contributed by atoms with Crippen molar-refractivity contribution in [1.82, 2.24) is 15.2 Å². The van der Waals surface area contributed by atoms with Crippen LogP contribution in [0.1, 0.15) is 33.4 Å². The Kier molecular flexibility index (Phi) is 6.24. The maximum absolute atomic E-state index is 11.7. The lowest BCUT2D eigenvalue weighted by molar-refractivity contribution is -0.120. The molecule has 0 saturated carbocycles. The predicted octanol–water partition coefficient (Wildman–Crippen LogP) is 1.50. The molecule has 0 radical (unpaired) electrons. The molecule has 0 fully saturated rings. The average Bonchev–Trinajstić information content (AvgIpc) is 2.69. The minimum Gasteiger partial charge on any atom is -0.375 e. The predicted molar refractivity (Wildman–Crippen MR) is 80.2 cm³/mol. The van der Waals surface area contributed by atoms with Crippen molar-refractivity contribution in [2.75, 3.05) is 18.8 Å². The monoisotopic (exact) mass is 284 g/mol. The Hall–Kier alpha value is -1.14. The summed E-state index contributed by atoms with van der Waals surface area (Å²) in [6.45, 7) is 10.2. The van der Waals surface area contributed by atoms with E-state index in [0.29, 0.717) is 30.2 Å². The van der Waals surface area contributed by atoms with E-state index >= 15 is 0 Å². The van der Waals surface area contributed by atoms with Gasteiger partial charge in [-0.3, -0.25) is 9.69 Å². The molecule has 1 amide bonds. The van der Waals surface area contributed by atoms with E-state index in [1.807, 2.05) is 5.38 Å². The molecule has 0 aliphatic carbocycles. The largest absolute Gasteiger partial charge is 0.375 e. The van der Waals surface area contributed by atoms with Gasteiger partial charge < -0.3 is 11.1 Å². The fraction of sp³-hybridized carbons (Fsp3) is 0.692. The first-order chi connectivity index (χ1) is 8.90. The number of nitrogen functional groups attached to an aromatic ring is 1. The van der Waals surface area contributed by atoms with Crippen LogP contribution >= 0.6 is 11.3 Å². The van der Waals surface area contributed by atoms with Crippen LogP contribution < -0.4 is 11.1 Å². The first-order valence-corrected chi connectivity index (χ1v) is 7.50. The number of rotatable bonds is 7. The average molecular weight is 284 g/mol. The molecular formula is C13H24N4OS. The van der Waals surface area contributed by atoms with Gasteiger partial charge in [-0.1, -0.05) is 0 Å². The van der Waals surface area contributed by atoms with E-state index in [4.69, 9.17) is 5.73 Å². The van der Waals surface area contributed by atoms with Gasteiger partial charge in [-0.25, -0.2) is 4.98 Å². The maximum atomic E-state index is 11.7. The summed E-state index contributed by atoms with van der Waals surface area (Å²) in [6.07, 6.45) is 0.303. The van der Waals surface area contributed by atoms with E-state index in [1.165, 1.54) is 11.3 Å². The van der Waals surface area contributed by atoms with Crippen LogP contribution in [0.15, 0.2) is 5.38 Å². The highest BCUT2D eigenvalue weighted by Gasteiger charge is 2.13. The van der Waals surface area contributed by atoms with Gasteiger partial charge in [0.2, 0.25) is 5.91 Å². The minimum absolute atomic E-state index is 0.00207. The molecule has 0 saturated heterocycles. The van der Waals surface area contributed by atoms with Gasteiger partial charge in [-0.15, -0.1) is 11.3 Å². The van der Waals surface area contributed by atoms with Crippen LogP contribution in [0.4, 0.5) is 5.13 Å². The number of thiazole rings is 1. The third kappa shape index (κ3) is 5.57. The first kappa shape index (κ1) is 15.9. The van der Waals surface area contributed by atoms with Crippen LogP contribution in [-0.4, -0.2) is 41.0 Å². The number of amides is 1. The van der Waals surface area contributed by atoms with Gasteiger partial charge in [0.05, 0.1) is 12.1 Å². The van der Waals surface area contributed by atoms with Crippen molar-refractivity contribution < 1.29 is 4.79 Å². The van der Waals surface area contributed by atoms with E-state index in [9.17, 15) is 4.79 Å². The minimum atomic E-state index is -0.00207. The molecule has 1 aromatic heterocycles. The highest BCUT2D eigenvalue weighted by molar-refractivity contribution is 7.13. The van der Waals surface area contributed by atoms with Crippen LogP contribution in [0.2, 0.25) is 0 Å². The fourth-order valence-electron chi connectivity index (χ4n) is 2.07. The van der Waals surface area contributed by atoms with Crippen LogP contribution in [0.25, 0.3) is 0 Å². The highest BCUT2D eigenvalue weighted by atomic mass is 32.1. The molecule has 3 N–H and O–H groups in total. The SMILES string of the molecule is CC(C)N(CCNC(=O)Cc1csc(N)n1)C(C)C. The quantitative estimate of drug-likeness (QED) is 0.796. The third-order valence-corrected chi connectivity index (χ3v) is 3.65. The lowest BCUT2D eigenvalue weighted by Gasteiger charge is -2.30. The van der Waals surface area contributed by atoms with Crippen molar-refractivity contribution in [2.24, 2.45) is 0 Å². The first-order valence-electron chi connectivity index (χ1n) is 6.62. The van der Waals surface area contributed by atoms with Gasteiger partial charge in [-0.05, 0) is 27.7 Å². The number of carbonyl (C=O) groups excluding carboxylic acids is 1. The summed E-state index contributed by atoms with van der Waals surface area (Å²) in [5.74, 6) is -0.00207. The zero-order chi connectivity index (χ0) is 14.4. The normalized spacial score (nSPS) is 11.5. The summed E-state index contributed by atoms with van der Waals surface area (Å²) in [5.41, 5.74) is 6.27. The van der Waals surface area contributed by atoms with Crippen molar-refractivity contribution in [2.45, 2.75) is 46.2 Å². The summed E-state index contributed by atoms with van der Waals surface area (Å²) >= 11 is 1.36. The molecule has 0 aliphatic rings. The molecule has 0 atom stereocenters. The second-order valence-corrected chi connectivity index (χ2v) is 6.02. The number of hydrogen-bond acceptors (Lipinski definition) is 5. The molecule has 108 valence electrons. The molecule has 0 unspecified atom stereocenters. The Morgan fingerprint density at radius 2 is 2.05 bits per heavy atom. The number of carbonyl (C=O) groups is 1. The summed E-state index contributed by atoms with van der Waals surface area (Å²) in [5, 5.41) is 5.25. The number of nitrogens with zero attached hydrogens (tertiary/aromatic N) is 2. The van der Waals surface area contributed by atoms with Crippen molar-refractivity contribution in [3.05, 3.63) is 11.1 Å². The summed E-state index contributed by atoms with van der Waals surface area (Å²) in [7, 11) is 0. The zero-order valence-electron chi connectivity index (χ0n) is 12.1. The molecule has 0 aliphatic heterocycles. The number of nitrogens with one attached hydrogen (secondary N) is 1. The molecule has 6 heteroatoms. The van der Waals surface area contributed by atoms with Crippen LogP contribution in [0.3, 0.4) is 0 Å². The summed E-state index contributed by atoms with van der Waals surface area (Å²) in [6, 6.07) is 0.963. The number of nitrogens with two attached hydrogens (primary N) is 1. The Balaban J connectivity index is 2.30. The van der Waals surface area contributed by atoms with E-state index in [0.717, 1.165) is 12.2 Å². The Bertz CT molecular complexity index is 395. The Morgan fingerprint density at radius 3 is 2.53 bits per heavy atom. The molecule has 1 rings (SSSR count). The molecule has 0 aromatic carbocycles. The van der Waals surface area contributed by atoms with Gasteiger partial charge >= 0.3 is 0 Å². The van der Waals surface area contributed by atoms with E-state index in [-0.39, 0.29) is 5.91 Å². The highest BCUT2D eigenvalue weighted by Crippen LogP contribution is 2.11. The van der Waals surface area contributed by atoms with Gasteiger partial charge in [-0.2, -0.15) is 0 Å². The molecule has 1 aromatic rings. The van der Waals surface area contributed by atoms with Gasteiger partial charge in [0.25, 0.3) is 0 Å². The van der Waals surface area contributed by atoms with Crippen LogP contribution in [-0.2, 0) is 11.2 Å². The van der Waals surface area contributed by atoms with Crippen molar-refractivity contribution in [1.29, 1.82) is 0 Å². The molecule has 0 spiro atoms. The van der Waals surface area contributed by atoms with Gasteiger partial charge in [0, 0.05) is 30.6 Å². The van der Waals surface area contributed by atoms with E-state index in [1.54, 1.807) is 0 Å². The Morgan fingerprint density at radius 1 is 1.42 bits per heavy atom. The smallest absolute Gasteiger partial charge is 0.226 e. The zero-order valence-corrected chi connectivity index (χ0v) is 13.0. The van der Waals surface area contributed by atoms with E-state index in [2.05, 4.69) is 42.9 Å². The van der Waals surface area contributed by atoms with Gasteiger partial charge in [0.1, 0.15) is 0 Å². The van der Waals surface area contributed by atoms with Crippen LogP contribution in [0.5, 0.6) is 0 Å². The van der Waals surface area contributed by atoms with Crippen molar-refractivity contribution >= 4 is 22.4 Å². The fourth-order valence-corrected chi connectivity index (χ4v) is 2.63. The second-order valence-electron chi connectivity index (χ2n) is 5.13. The maximum Gasteiger partial charge on any atom is 0.226 e. The molecular weight excluding hydrogens is 260 g/mol. The summed E-state index contributed by atoms with van der Waals surface area (Å²) in [4.78, 5) is 18.2. The lowest BCUT2D eigenvalue weighted by atomic mass is 10.2.